The van der Waals surface area contributed by atoms with Crippen LogP contribution in [0.2, 0.25) is 0 Å². The summed E-state index contributed by atoms with van der Waals surface area (Å²) < 4.78 is 88.2. The van der Waals surface area contributed by atoms with Crippen LogP contribution in [0.15, 0.2) is 70.5 Å². The van der Waals surface area contributed by atoms with Crippen molar-refractivity contribution in [3.05, 3.63) is 77.9 Å². The van der Waals surface area contributed by atoms with Crippen LogP contribution < -0.4 is 14.2 Å². The molecule has 0 bridgehead atoms. The first-order valence-electron chi connectivity index (χ1n) is 8.78. The fraction of sp³-hybridized carbons (Fsp3) is 0.100. The molecule has 0 saturated carbocycles. The van der Waals surface area contributed by atoms with Crippen molar-refractivity contribution >= 4 is 31.4 Å². The molecule has 3 rings (SSSR count). The Kier molecular flexibility index (Phi) is 6.18. The Morgan fingerprint density at radius 2 is 1.45 bits per heavy atom. The highest BCUT2D eigenvalue weighted by Crippen LogP contribution is 2.29. The van der Waals surface area contributed by atoms with Gasteiger partial charge in [0.2, 0.25) is 0 Å². The fourth-order valence-corrected chi connectivity index (χ4v) is 5.36. The van der Waals surface area contributed by atoms with Crippen LogP contribution >= 0.6 is 0 Å². The first-order valence-corrected chi connectivity index (χ1v) is 11.7. The van der Waals surface area contributed by atoms with Gasteiger partial charge in [-0.25, -0.2) is 25.6 Å². The van der Waals surface area contributed by atoms with Crippen molar-refractivity contribution < 1.29 is 30.4 Å². The molecule has 3 aromatic rings. The summed E-state index contributed by atoms with van der Waals surface area (Å²) in [6, 6.07) is 12.7. The Bertz CT molecular complexity index is 1320. The Morgan fingerprint density at radius 1 is 0.806 bits per heavy atom. The number of benzene rings is 3. The summed E-state index contributed by atoms with van der Waals surface area (Å²) in [5.74, 6) is -2.26. The summed E-state index contributed by atoms with van der Waals surface area (Å²) in [6.45, 7) is 1.52. The number of aryl methyl sites for hydroxylation is 1. The second-order valence-electron chi connectivity index (χ2n) is 6.44. The van der Waals surface area contributed by atoms with Crippen molar-refractivity contribution in [2.24, 2.45) is 0 Å². The normalized spacial score (nSPS) is 11.7. The van der Waals surface area contributed by atoms with Gasteiger partial charge in [0, 0.05) is 0 Å². The second-order valence-corrected chi connectivity index (χ2v) is 9.71. The highest BCUT2D eigenvalue weighted by atomic mass is 32.2. The van der Waals surface area contributed by atoms with Crippen LogP contribution in [0.5, 0.6) is 5.75 Å². The van der Waals surface area contributed by atoms with E-state index in [-0.39, 0.29) is 22.0 Å². The van der Waals surface area contributed by atoms with Crippen molar-refractivity contribution in [1.29, 1.82) is 0 Å². The zero-order chi connectivity index (χ0) is 22.8. The van der Waals surface area contributed by atoms with E-state index in [9.17, 15) is 25.6 Å². The number of anilines is 2. The minimum atomic E-state index is -4.65. The number of nitrogens with one attached hydrogen (secondary N) is 2. The molecule has 0 saturated heterocycles. The Balaban J connectivity index is 1.98. The molecular formula is C20H18F2N2O5S2. The third-order valence-corrected chi connectivity index (χ3v) is 7.21. The molecule has 0 aliphatic heterocycles. The topological polar surface area (TPSA) is 102 Å². The molecule has 0 aliphatic rings. The van der Waals surface area contributed by atoms with E-state index >= 15 is 0 Å². The maximum absolute atomic E-state index is 13.9. The van der Waals surface area contributed by atoms with Gasteiger partial charge < -0.3 is 4.74 Å². The van der Waals surface area contributed by atoms with E-state index in [1.54, 1.807) is 18.2 Å². The number of para-hydroxylation sites is 2. The van der Waals surface area contributed by atoms with Gasteiger partial charge >= 0.3 is 0 Å². The van der Waals surface area contributed by atoms with Gasteiger partial charge in [-0.05, 0) is 48.9 Å². The number of hydrogen-bond donors (Lipinski definition) is 2. The lowest BCUT2D eigenvalue weighted by atomic mass is 10.2. The van der Waals surface area contributed by atoms with Crippen molar-refractivity contribution in [3.8, 4) is 5.75 Å². The first kappa shape index (κ1) is 22.5. The smallest absolute Gasteiger partial charge is 0.267 e. The molecule has 0 aromatic heterocycles. The molecule has 11 heteroatoms. The Morgan fingerprint density at radius 3 is 2.10 bits per heavy atom. The van der Waals surface area contributed by atoms with Crippen LogP contribution in [0, 0.1) is 18.6 Å². The van der Waals surface area contributed by atoms with Gasteiger partial charge in [-0.15, -0.1) is 0 Å². The summed E-state index contributed by atoms with van der Waals surface area (Å²) in [5, 5.41) is 0. The summed E-state index contributed by atoms with van der Waals surface area (Å²) in [6.07, 6.45) is 0. The molecule has 0 atom stereocenters. The molecule has 0 radical (unpaired) electrons. The molecule has 2 N–H and O–H groups in total. The molecule has 31 heavy (non-hydrogen) atoms. The molecule has 164 valence electrons. The molecule has 0 heterocycles. The number of hydrogen-bond acceptors (Lipinski definition) is 5. The number of ether oxygens (including phenoxy) is 1. The zero-order valence-corrected chi connectivity index (χ0v) is 18.0. The molecule has 7 nitrogen and oxygen atoms in total. The second kappa shape index (κ2) is 8.52. The lowest BCUT2D eigenvalue weighted by Crippen LogP contribution is -2.18. The molecule has 3 aromatic carbocycles. The third-order valence-electron chi connectivity index (χ3n) is 4.27. The van der Waals surface area contributed by atoms with Crippen LogP contribution in [0.3, 0.4) is 0 Å². The van der Waals surface area contributed by atoms with Crippen molar-refractivity contribution in [1.82, 2.24) is 0 Å². The highest BCUT2D eigenvalue weighted by molar-refractivity contribution is 7.93. The third kappa shape index (κ3) is 4.78. The van der Waals surface area contributed by atoms with E-state index in [0.717, 1.165) is 24.3 Å². The predicted octanol–water partition coefficient (Wildman–Crippen LogP) is 3.88. The molecule has 0 unspecified atom stereocenters. The van der Waals surface area contributed by atoms with E-state index < -0.39 is 36.6 Å². The van der Waals surface area contributed by atoms with Gasteiger partial charge in [-0.3, -0.25) is 9.44 Å². The van der Waals surface area contributed by atoms with Gasteiger partial charge in [0.05, 0.1) is 23.4 Å². The maximum Gasteiger partial charge on any atom is 0.267 e. The van der Waals surface area contributed by atoms with Crippen LogP contribution in [-0.2, 0) is 20.0 Å². The Hall–Kier alpha value is -3.18. The summed E-state index contributed by atoms with van der Waals surface area (Å²) >= 11 is 0. The monoisotopic (exact) mass is 468 g/mol. The number of rotatable bonds is 7. The average Bonchev–Trinajstić information content (AvgIpc) is 2.69. The number of methoxy groups -OCH3 is 1. The minimum absolute atomic E-state index is 0.184. The van der Waals surface area contributed by atoms with Crippen LogP contribution in [0.25, 0.3) is 0 Å². The number of halogens is 2. The lowest BCUT2D eigenvalue weighted by Gasteiger charge is -2.15. The van der Waals surface area contributed by atoms with Gasteiger partial charge in [-0.2, -0.15) is 0 Å². The lowest BCUT2D eigenvalue weighted by molar-refractivity contribution is 0.417. The minimum Gasteiger partial charge on any atom is -0.495 e. The van der Waals surface area contributed by atoms with Gasteiger partial charge in [0.15, 0.2) is 4.90 Å². The highest BCUT2D eigenvalue weighted by Gasteiger charge is 2.25. The van der Waals surface area contributed by atoms with Gasteiger partial charge in [0.25, 0.3) is 20.0 Å². The van der Waals surface area contributed by atoms with Gasteiger partial charge in [-0.1, -0.05) is 24.3 Å². The maximum atomic E-state index is 13.9. The van der Waals surface area contributed by atoms with E-state index in [1.807, 2.05) is 4.72 Å². The standard InChI is InChI=1S/C20H18F2N2O5S2/c1-13-10-11-14(23-31(27,28)20-15(21)6-5-7-16(20)22)12-19(13)30(25,26)24-17-8-3-4-9-18(17)29-2/h3-12,23-24H,1-2H3. The van der Waals surface area contributed by atoms with Gasteiger partial charge in [0.1, 0.15) is 17.4 Å². The predicted molar refractivity (Wildman–Crippen MR) is 112 cm³/mol. The number of sulfonamides is 2. The van der Waals surface area contributed by atoms with E-state index in [2.05, 4.69) is 4.72 Å². The van der Waals surface area contributed by atoms with E-state index in [1.165, 1.54) is 32.2 Å². The largest absolute Gasteiger partial charge is 0.495 e. The van der Waals surface area contributed by atoms with Crippen molar-refractivity contribution in [2.75, 3.05) is 16.6 Å². The first-order chi connectivity index (χ1) is 14.5. The van der Waals surface area contributed by atoms with Crippen molar-refractivity contribution in [2.45, 2.75) is 16.7 Å². The van der Waals surface area contributed by atoms with Crippen LogP contribution in [0.1, 0.15) is 5.56 Å². The van der Waals surface area contributed by atoms with E-state index in [0.29, 0.717) is 5.56 Å². The SMILES string of the molecule is COc1ccccc1NS(=O)(=O)c1cc(NS(=O)(=O)c2c(F)cccc2F)ccc1C. The zero-order valence-electron chi connectivity index (χ0n) is 16.4. The van der Waals surface area contributed by atoms with E-state index in [4.69, 9.17) is 4.74 Å². The fourth-order valence-electron chi connectivity index (χ4n) is 2.83. The molecule has 0 aliphatic carbocycles. The molecule has 0 spiro atoms. The van der Waals surface area contributed by atoms with Crippen molar-refractivity contribution in [3.63, 3.8) is 0 Å². The van der Waals surface area contributed by atoms with Crippen LogP contribution in [-0.4, -0.2) is 23.9 Å². The molecule has 0 amide bonds. The van der Waals surface area contributed by atoms with Crippen LogP contribution in [0.4, 0.5) is 20.2 Å². The summed E-state index contributed by atoms with van der Waals surface area (Å²) in [4.78, 5) is -1.39. The quantitative estimate of drug-likeness (QED) is 0.548. The summed E-state index contributed by atoms with van der Waals surface area (Å²) in [7, 11) is -7.42. The molecule has 0 fully saturated rings. The average molecular weight is 469 g/mol. The summed E-state index contributed by atoms with van der Waals surface area (Å²) in [5.41, 5.74) is 0.319. The Labute approximate surface area is 178 Å². The molecular weight excluding hydrogens is 450 g/mol.